The number of piperidine rings is 1. The molecule has 0 saturated carbocycles. The lowest BCUT2D eigenvalue weighted by Crippen LogP contribution is -2.39. The number of pyridine rings is 1. The highest BCUT2D eigenvalue weighted by atomic mass is 15.1. The Kier molecular flexibility index (Phi) is 18.0. The Hall–Kier alpha value is -2.19. The van der Waals surface area contributed by atoms with E-state index in [9.17, 15) is 0 Å². The van der Waals surface area contributed by atoms with E-state index >= 15 is 0 Å². The van der Waals surface area contributed by atoms with Gasteiger partial charge in [0, 0.05) is 25.5 Å². The summed E-state index contributed by atoms with van der Waals surface area (Å²) in [5, 5.41) is 0. The third-order valence-corrected chi connectivity index (χ3v) is 5.99. The molecule has 1 fully saturated rings. The van der Waals surface area contributed by atoms with Gasteiger partial charge >= 0.3 is 0 Å². The molecule has 2 atom stereocenters. The molecule has 2 heterocycles. The molecule has 0 spiro atoms. The average Bonchev–Trinajstić information content (AvgIpc) is 2.85. The van der Waals surface area contributed by atoms with Crippen LogP contribution in [0.25, 0.3) is 5.57 Å². The molecule has 0 radical (unpaired) electrons. The Balaban J connectivity index is 0.000000513. The maximum absolute atomic E-state index is 4.22. The smallest absolute Gasteiger partial charge is 0.0342 e. The Morgan fingerprint density at radius 2 is 1.91 bits per heavy atom. The summed E-state index contributed by atoms with van der Waals surface area (Å²) in [6.45, 7) is 22.2. The van der Waals surface area contributed by atoms with Crippen molar-refractivity contribution < 1.29 is 0 Å². The largest absolute Gasteiger partial charge is 0.305 e. The minimum absolute atomic E-state index is 0.750. The van der Waals surface area contributed by atoms with E-state index < -0.39 is 0 Å². The molecule has 1 aliphatic heterocycles. The lowest BCUT2D eigenvalue weighted by atomic mass is 9.77. The number of nitrogens with zero attached hydrogens (tertiary/aromatic N) is 2. The molecule has 0 aromatic carbocycles. The number of aromatic nitrogens is 1. The molecule has 2 bridgehead atoms. The Morgan fingerprint density at radius 3 is 2.36 bits per heavy atom. The molecular formula is C31H50N2. The lowest BCUT2D eigenvalue weighted by molar-refractivity contribution is 0.170. The first-order chi connectivity index (χ1) is 16.0. The predicted octanol–water partition coefficient (Wildman–Crippen LogP) is 8.77. The number of fused-ring (bicyclic) bond motifs is 2. The third-order valence-electron chi connectivity index (χ3n) is 5.99. The number of hydrogen-bond acceptors (Lipinski definition) is 2. The normalized spacial score (nSPS) is 19.8. The van der Waals surface area contributed by atoms with Crippen LogP contribution < -0.4 is 0 Å². The zero-order chi connectivity index (χ0) is 25.1. The van der Waals surface area contributed by atoms with Crippen molar-refractivity contribution >= 4 is 5.57 Å². The van der Waals surface area contributed by atoms with Crippen LogP contribution in [0.5, 0.6) is 0 Å². The molecule has 1 aromatic rings. The molecule has 1 aromatic heterocycles. The molecule has 184 valence electrons. The van der Waals surface area contributed by atoms with Crippen LogP contribution in [0.1, 0.15) is 72.8 Å². The van der Waals surface area contributed by atoms with Crippen molar-refractivity contribution in [3.8, 4) is 0 Å². The summed E-state index contributed by atoms with van der Waals surface area (Å²) in [7, 11) is 2.24. The van der Waals surface area contributed by atoms with Crippen molar-refractivity contribution in [3.63, 3.8) is 0 Å². The number of hydrogen-bond donors (Lipinski definition) is 0. The first-order valence-electron chi connectivity index (χ1n) is 12.8. The Bertz CT molecular complexity index is 723. The number of allylic oxidation sites excluding steroid dienone is 7. The second-order valence-electron chi connectivity index (χ2n) is 8.67. The van der Waals surface area contributed by atoms with Crippen molar-refractivity contribution in [2.75, 3.05) is 20.1 Å². The van der Waals surface area contributed by atoms with Gasteiger partial charge in [0.05, 0.1) is 0 Å². The van der Waals surface area contributed by atoms with Crippen LogP contribution in [-0.2, 0) is 0 Å². The molecule has 1 aliphatic carbocycles. The topological polar surface area (TPSA) is 16.1 Å². The number of likely N-dealkylation sites (tertiary alicyclic amines) is 1. The SMILES string of the molecule is C=C/C(C)=C\C=C/C.C=CC(CC)CC.CC.CN1CC2C=C(c3cccnc3)CC(C2)C1. The van der Waals surface area contributed by atoms with Crippen molar-refractivity contribution in [1.82, 2.24) is 9.88 Å². The summed E-state index contributed by atoms with van der Waals surface area (Å²) in [5.74, 6) is 2.36. The van der Waals surface area contributed by atoms with Gasteiger partial charge in [0.2, 0.25) is 0 Å². The van der Waals surface area contributed by atoms with Gasteiger partial charge in [-0.1, -0.05) is 82.4 Å². The predicted molar refractivity (Wildman–Crippen MR) is 150 cm³/mol. The van der Waals surface area contributed by atoms with Gasteiger partial charge in [-0.3, -0.25) is 4.98 Å². The van der Waals surface area contributed by atoms with E-state index in [2.05, 4.69) is 56.1 Å². The lowest BCUT2D eigenvalue weighted by Gasteiger charge is -2.38. The molecule has 2 unspecified atom stereocenters. The molecular weight excluding hydrogens is 400 g/mol. The van der Waals surface area contributed by atoms with Gasteiger partial charge < -0.3 is 4.90 Å². The second-order valence-corrected chi connectivity index (χ2v) is 8.67. The summed E-state index contributed by atoms with van der Waals surface area (Å²) < 4.78 is 0. The summed E-state index contributed by atoms with van der Waals surface area (Å²) in [6.07, 6.45) is 21.3. The van der Waals surface area contributed by atoms with Gasteiger partial charge in [0.1, 0.15) is 0 Å². The first-order valence-corrected chi connectivity index (χ1v) is 12.8. The minimum Gasteiger partial charge on any atom is -0.305 e. The Morgan fingerprint density at radius 1 is 1.21 bits per heavy atom. The average molecular weight is 451 g/mol. The first kappa shape index (κ1) is 30.8. The zero-order valence-electron chi connectivity index (χ0n) is 22.6. The van der Waals surface area contributed by atoms with Crippen LogP contribution in [0, 0.1) is 17.8 Å². The molecule has 2 nitrogen and oxygen atoms in total. The van der Waals surface area contributed by atoms with Crippen LogP contribution in [0.4, 0.5) is 0 Å². The van der Waals surface area contributed by atoms with Crippen LogP contribution in [0.3, 0.4) is 0 Å². The van der Waals surface area contributed by atoms with Gasteiger partial charge in [-0.05, 0) is 81.5 Å². The molecule has 1 saturated heterocycles. The van der Waals surface area contributed by atoms with Crippen LogP contribution >= 0.6 is 0 Å². The van der Waals surface area contributed by atoms with Gasteiger partial charge in [-0.25, -0.2) is 0 Å². The minimum atomic E-state index is 0.750. The van der Waals surface area contributed by atoms with Gasteiger partial charge in [0.25, 0.3) is 0 Å². The fourth-order valence-corrected chi connectivity index (χ4v) is 4.13. The summed E-state index contributed by atoms with van der Waals surface area (Å²) >= 11 is 0. The van der Waals surface area contributed by atoms with E-state index in [4.69, 9.17) is 0 Å². The fraction of sp³-hybridized carbons (Fsp3) is 0.516. The van der Waals surface area contributed by atoms with Crippen LogP contribution in [-0.4, -0.2) is 30.0 Å². The highest BCUT2D eigenvalue weighted by Crippen LogP contribution is 2.37. The van der Waals surface area contributed by atoms with E-state index in [0.717, 1.165) is 17.8 Å². The van der Waals surface area contributed by atoms with Crippen LogP contribution in [0.15, 0.2) is 79.7 Å². The van der Waals surface area contributed by atoms with Crippen molar-refractivity contribution in [1.29, 1.82) is 0 Å². The fourth-order valence-electron chi connectivity index (χ4n) is 4.13. The van der Waals surface area contributed by atoms with E-state index in [0.29, 0.717) is 0 Å². The van der Waals surface area contributed by atoms with Crippen LogP contribution in [0.2, 0.25) is 0 Å². The van der Waals surface area contributed by atoms with Gasteiger partial charge in [0.15, 0.2) is 0 Å². The van der Waals surface area contributed by atoms with E-state index in [1.807, 2.05) is 76.5 Å². The van der Waals surface area contributed by atoms with Gasteiger partial charge in [-0.2, -0.15) is 0 Å². The molecule has 2 aliphatic rings. The molecule has 33 heavy (non-hydrogen) atoms. The maximum atomic E-state index is 4.22. The summed E-state index contributed by atoms with van der Waals surface area (Å²) in [6, 6.07) is 4.22. The van der Waals surface area contributed by atoms with Crippen molar-refractivity contribution in [3.05, 3.63) is 85.3 Å². The van der Waals surface area contributed by atoms with E-state index in [1.165, 1.54) is 55.5 Å². The van der Waals surface area contributed by atoms with Crippen molar-refractivity contribution in [2.24, 2.45) is 17.8 Å². The molecule has 0 N–H and O–H groups in total. The Labute approximate surface area is 205 Å². The van der Waals surface area contributed by atoms with E-state index in [-0.39, 0.29) is 0 Å². The number of rotatable bonds is 6. The maximum Gasteiger partial charge on any atom is 0.0342 e. The highest BCUT2D eigenvalue weighted by Gasteiger charge is 2.29. The standard InChI is InChI=1S/C14H18N2.C8H12.C7H14.C2H6/c1-16-9-11-5-12(10-16)7-14(6-11)13-3-2-4-15-8-13;1-4-6-7-8(3)5-2;1-4-7(5-2)6-3;1-2/h2-4,6,8,11-12H,5,7,9-10H2,1H3;4-7H,2H2,1,3H3;4,7H,1,5-6H2,2-3H3;1-2H3/b;6-4-,8-7-;;. The van der Waals surface area contributed by atoms with Gasteiger partial charge in [-0.15, -0.1) is 6.58 Å². The third kappa shape index (κ3) is 13.2. The zero-order valence-corrected chi connectivity index (χ0v) is 22.6. The monoisotopic (exact) mass is 450 g/mol. The highest BCUT2D eigenvalue weighted by molar-refractivity contribution is 5.66. The summed E-state index contributed by atoms with van der Waals surface area (Å²) in [5.41, 5.74) is 4.03. The quantitative estimate of drug-likeness (QED) is 0.318. The van der Waals surface area contributed by atoms with Crippen molar-refractivity contribution in [2.45, 2.75) is 67.2 Å². The molecule has 2 heteroatoms. The second kappa shape index (κ2) is 19.3. The molecule has 3 rings (SSSR count). The summed E-state index contributed by atoms with van der Waals surface area (Å²) in [4.78, 5) is 6.69. The molecule has 0 amide bonds. The van der Waals surface area contributed by atoms with E-state index in [1.54, 1.807) is 0 Å².